The highest BCUT2D eigenvalue weighted by molar-refractivity contribution is 6.24. The molecule has 10 aromatic carbocycles. The molecule has 14 rings (SSSR count). The third-order valence-electron chi connectivity index (χ3n) is 13.6. The van der Waals surface area contributed by atoms with Crippen LogP contribution in [0, 0.1) is 0 Å². The number of aromatic nitrogens is 5. The van der Waals surface area contributed by atoms with Crippen LogP contribution < -0.4 is 0 Å². The first-order chi connectivity index (χ1) is 34.2. The number of fused-ring (bicyclic) bond motifs is 10. The molecule has 6 nitrogen and oxygen atoms in total. The van der Waals surface area contributed by atoms with Gasteiger partial charge in [-0.25, -0.2) is 4.98 Å². The van der Waals surface area contributed by atoms with Crippen LogP contribution >= 0.6 is 0 Å². The maximum atomic E-state index is 6.71. The summed E-state index contributed by atoms with van der Waals surface area (Å²) in [5.74, 6) is 1.65. The van der Waals surface area contributed by atoms with Gasteiger partial charge in [-0.15, -0.1) is 0 Å². The number of para-hydroxylation sites is 2. The molecule has 0 saturated heterocycles. The van der Waals surface area contributed by atoms with E-state index in [9.17, 15) is 0 Å². The van der Waals surface area contributed by atoms with Gasteiger partial charge in [0.15, 0.2) is 11.6 Å². The molecule has 0 saturated carbocycles. The fourth-order valence-electron chi connectivity index (χ4n) is 10.5. The van der Waals surface area contributed by atoms with Crippen molar-refractivity contribution in [2.24, 2.45) is 0 Å². The Balaban J connectivity index is 1.05. The molecular weight excluding hydrogens is 843 g/mol. The number of hydrogen-bond donors (Lipinski definition) is 0. The van der Waals surface area contributed by atoms with Crippen molar-refractivity contribution < 1.29 is 4.42 Å². The van der Waals surface area contributed by atoms with Crippen LogP contribution in [0.5, 0.6) is 0 Å². The second-order valence-corrected chi connectivity index (χ2v) is 17.5. The summed E-state index contributed by atoms with van der Waals surface area (Å²) in [5, 5.41) is 6.50. The maximum absolute atomic E-state index is 6.71. The van der Waals surface area contributed by atoms with Crippen molar-refractivity contribution in [3.63, 3.8) is 0 Å². The molecule has 0 unspecified atom stereocenters. The van der Waals surface area contributed by atoms with Crippen molar-refractivity contribution in [1.29, 1.82) is 0 Å². The third kappa shape index (κ3) is 6.23. The van der Waals surface area contributed by atoms with Gasteiger partial charge < -0.3 is 8.98 Å². The Hall–Kier alpha value is -9.39. The quantitative estimate of drug-likeness (QED) is 0.160. The second-order valence-electron chi connectivity index (χ2n) is 17.5. The molecule has 0 bridgehead atoms. The molecule has 322 valence electrons. The topological polar surface area (TPSA) is 61.7 Å². The van der Waals surface area contributed by atoms with E-state index >= 15 is 0 Å². The molecule has 0 aliphatic carbocycles. The minimum absolute atomic E-state index is 0.523. The number of hydrogen-bond acceptors (Lipinski definition) is 4. The summed E-state index contributed by atoms with van der Waals surface area (Å²) in [5.41, 5.74) is 15.4. The van der Waals surface area contributed by atoms with E-state index in [1.54, 1.807) is 0 Å². The van der Waals surface area contributed by atoms with Crippen LogP contribution in [0.25, 0.3) is 133 Å². The van der Waals surface area contributed by atoms with E-state index < -0.39 is 0 Å². The number of furan rings is 1. The zero-order valence-electron chi connectivity index (χ0n) is 37.2. The van der Waals surface area contributed by atoms with Gasteiger partial charge in [0.2, 0.25) is 5.95 Å². The summed E-state index contributed by atoms with van der Waals surface area (Å²) in [6.45, 7) is 0. The van der Waals surface area contributed by atoms with Crippen molar-refractivity contribution in [3.8, 4) is 67.8 Å². The lowest BCUT2D eigenvalue weighted by atomic mass is 9.94. The Kier molecular flexibility index (Phi) is 8.79. The Bertz CT molecular complexity index is 4280. The van der Waals surface area contributed by atoms with Gasteiger partial charge in [-0.3, -0.25) is 4.57 Å². The normalized spacial score (nSPS) is 11.8. The van der Waals surface area contributed by atoms with E-state index in [2.05, 4.69) is 215 Å². The smallest absolute Gasteiger partial charge is 0.238 e. The first-order valence-electron chi connectivity index (χ1n) is 23.3. The zero-order chi connectivity index (χ0) is 45.4. The third-order valence-corrected chi connectivity index (χ3v) is 13.6. The largest absolute Gasteiger partial charge is 0.456 e. The summed E-state index contributed by atoms with van der Waals surface area (Å²) in [7, 11) is 0. The highest BCUT2D eigenvalue weighted by Crippen LogP contribution is 2.44. The van der Waals surface area contributed by atoms with E-state index in [0.29, 0.717) is 17.6 Å². The molecule has 0 N–H and O–H groups in total. The summed E-state index contributed by atoms with van der Waals surface area (Å²) in [4.78, 5) is 16.3. The average molecular weight is 882 g/mol. The summed E-state index contributed by atoms with van der Waals surface area (Å²) in [6.07, 6.45) is 0. The van der Waals surface area contributed by atoms with Crippen LogP contribution in [0.1, 0.15) is 0 Å². The Labute approximate surface area is 396 Å². The maximum Gasteiger partial charge on any atom is 0.238 e. The molecule has 14 aromatic rings. The van der Waals surface area contributed by atoms with Gasteiger partial charge in [0, 0.05) is 49.1 Å². The van der Waals surface area contributed by atoms with Gasteiger partial charge in [0.1, 0.15) is 11.2 Å². The number of rotatable bonds is 7. The number of benzene rings is 10. The van der Waals surface area contributed by atoms with Crippen LogP contribution in [-0.2, 0) is 0 Å². The van der Waals surface area contributed by atoms with Crippen LogP contribution in [-0.4, -0.2) is 24.1 Å². The van der Waals surface area contributed by atoms with Crippen molar-refractivity contribution in [2.75, 3.05) is 0 Å². The summed E-state index contributed by atoms with van der Waals surface area (Å²) in [6, 6.07) is 83.2. The van der Waals surface area contributed by atoms with Gasteiger partial charge >= 0.3 is 0 Å². The molecule has 4 aromatic heterocycles. The predicted octanol–water partition coefficient (Wildman–Crippen LogP) is 16.3. The lowest BCUT2D eigenvalue weighted by molar-refractivity contribution is 0.669. The van der Waals surface area contributed by atoms with Gasteiger partial charge in [0.05, 0.1) is 22.1 Å². The van der Waals surface area contributed by atoms with Crippen molar-refractivity contribution >= 4 is 65.6 Å². The van der Waals surface area contributed by atoms with E-state index in [0.717, 1.165) is 93.7 Å². The van der Waals surface area contributed by atoms with E-state index in [1.807, 2.05) is 30.3 Å². The van der Waals surface area contributed by atoms with Crippen LogP contribution in [0.2, 0.25) is 0 Å². The van der Waals surface area contributed by atoms with E-state index in [4.69, 9.17) is 19.4 Å². The Morgan fingerprint density at radius 1 is 0.304 bits per heavy atom. The molecule has 69 heavy (non-hydrogen) atoms. The number of nitrogens with zero attached hydrogens (tertiary/aromatic N) is 5. The highest BCUT2D eigenvalue weighted by Gasteiger charge is 2.25. The molecule has 0 radical (unpaired) electrons. The minimum Gasteiger partial charge on any atom is -0.456 e. The van der Waals surface area contributed by atoms with Crippen LogP contribution in [0.4, 0.5) is 0 Å². The van der Waals surface area contributed by atoms with Crippen LogP contribution in [0.15, 0.2) is 241 Å². The Morgan fingerprint density at radius 3 is 1.45 bits per heavy atom. The van der Waals surface area contributed by atoms with E-state index in [1.165, 1.54) is 22.1 Å². The highest BCUT2D eigenvalue weighted by atomic mass is 16.3. The molecule has 0 aliphatic heterocycles. The molecule has 0 fully saturated rings. The molecular formula is C63H39N5O. The monoisotopic (exact) mass is 881 g/mol. The van der Waals surface area contributed by atoms with E-state index in [-0.39, 0.29) is 0 Å². The Morgan fingerprint density at radius 2 is 0.783 bits per heavy atom. The van der Waals surface area contributed by atoms with Gasteiger partial charge in [-0.05, 0) is 75.8 Å². The first-order valence-corrected chi connectivity index (χ1v) is 23.3. The second kappa shape index (κ2) is 15.6. The minimum atomic E-state index is 0.523. The standard InChI is InChI=1S/C63H39N5O/c1-4-17-40(18-5-1)42-33-35-46(36-34-42)67-53-29-12-10-25-48(53)50-37-38-51-49-26-11-13-30-54(49)68(60(51)59(50)67)63-65-61(43-21-8-3-9-22-43)64-62(66-63)52-28-16-32-56-58(52)57-47(27-15-31-55(57)69-56)45-24-14-23-44(39-45)41-19-6-2-7-20-41/h1-39H. The molecule has 4 heterocycles. The molecule has 0 atom stereocenters. The summed E-state index contributed by atoms with van der Waals surface area (Å²) >= 11 is 0. The summed E-state index contributed by atoms with van der Waals surface area (Å²) < 4.78 is 11.4. The fourth-order valence-corrected chi connectivity index (χ4v) is 10.5. The molecule has 0 aliphatic rings. The van der Waals surface area contributed by atoms with Gasteiger partial charge in [-0.1, -0.05) is 194 Å². The SMILES string of the molecule is c1ccc(-c2ccc(-n3c4ccccc4c4ccc5c6ccccc6n(-c6nc(-c7ccccc7)nc(-c7cccc8oc9cccc(-c%10cccc(-c%11ccccc%11)c%10)c9c78)n6)c5c43)cc2)cc1. The van der Waals surface area contributed by atoms with Crippen molar-refractivity contribution in [1.82, 2.24) is 24.1 Å². The zero-order valence-corrected chi connectivity index (χ0v) is 37.2. The molecule has 6 heteroatoms. The van der Waals surface area contributed by atoms with Gasteiger partial charge in [0.25, 0.3) is 0 Å². The first kappa shape index (κ1) is 38.8. The van der Waals surface area contributed by atoms with Crippen molar-refractivity contribution in [2.45, 2.75) is 0 Å². The lowest BCUT2D eigenvalue weighted by Gasteiger charge is -2.14. The lowest BCUT2D eigenvalue weighted by Crippen LogP contribution is -2.07. The fraction of sp³-hybridized carbons (Fsp3) is 0. The van der Waals surface area contributed by atoms with Gasteiger partial charge in [-0.2, -0.15) is 9.97 Å². The molecule has 0 amide bonds. The predicted molar refractivity (Wildman–Crippen MR) is 283 cm³/mol. The molecule has 0 spiro atoms. The van der Waals surface area contributed by atoms with Crippen LogP contribution in [0.3, 0.4) is 0 Å². The average Bonchev–Trinajstić information content (AvgIpc) is 4.10. The van der Waals surface area contributed by atoms with Crippen molar-refractivity contribution in [3.05, 3.63) is 237 Å².